The molecule has 0 radical (unpaired) electrons. The molecule has 0 N–H and O–H groups in total. The Morgan fingerprint density at radius 3 is 2.52 bits per heavy atom. The molecule has 0 unspecified atom stereocenters. The first-order chi connectivity index (χ1) is 13.0. The molecule has 0 saturated heterocycles. The van der Waals surface area contributed by atoms with Crippen LogP contribution in [0.1, 0.15) is 5.89 Å². The maximum atomic E-state index is 13.0. The van der Waals surface area contributed by atoms with Crippen LogP contribution in [0.5, 0.6) is 0 Å². The standard InChI is InChI=1S/C20H13ClN2O3S/c21-15-9-7-13(8-10-15)17-11-22-19(26-17)12-23-16-5-1-3-14-4-2-6-18(20(14)16)27(23,24)25/h1-11H,12H2. The highest BCUT2D eigenvalue weighted by atomic mass is 35.5. The lowest BCUT2D eigenvalue weighted by Crippen LogP contribution is -2.26. The Balaban J connectivity index is 1.54. The lowest BCUT2D eigenvalue weighted by molar-refractivity contribution is 0.506. The van der Waals surface area contributed by atoms with Crippen LogP contribution in [0, 0.1) is 0 Å². The number of halogens is 1. The van der Waals surface area contributed by atoms with Crippen molar-refractivity contribution >= 4 is 38.1 Å². The number of rotatable bonds is 3. The van der Waals surface area contributed by atoms with E-state index in [9.17, 15) is 8.42 Å². The van der Waals surface area contributed by atoms with Crippen molar-refractivity contribution in [2.75, 3.05) is 4.31 Å². The number of sulfonamides is 1. The van der Waals surface area contributed by atoms with Gasteiger partial charge in [0.25, 0.3) is 10.0 Å². The Morgan fingerprint density at radius 2 is 1.74 bits per heavy atom. The second-order valence-electron chi connectivity index (χ2n) is 6.27. The minimum Gasteiger partial charge on any atom is -0.439 e. The molecule has 0 aliphatic carbocycles. The molecule has 0 fully saturated rings. The smallest absolute Gasteiger partial charge is 0.265 e. The summed E-state index contributed by atoms with van der Waals surface area (Å²) in [5, 5.41) is 2.27. The minimum absolute atomic E-state index is 0.0315. The summed E-state index contributed by atoms with van der Waals surface area (Å²) in [6, 6.07) is 18.1. The Labute approximate surface area is 160 Å². The monoisotopic (exact) mass is 396 g/mol. The van der Waals surface area contributed by atoms with Crippen molar-refractivity contribution in [1.29, 1.82) is 0 Å². The van der Waals surface area contributed by atoms with Gasteiger partial charge in [-0.1, -0.05) is 35.9 Å². The van der Waals surface area contributed by atoms with Crippen molar-refractivity contribution in [3.63, 3.8) is 0 Å². The van der Waals surface area contributed by atoms with E-state index in [1.807, 2.05) is 30.3 Å². The molecule has 0 amide bonds. The van der Waals surface area contributed by atoms with Crippen LogP contribution in [0.4, 0.5) is 5.69 Å². The van der Waals surface area contributed by atoms with Gasteiger partial charge >= 0.3 is 0 Å². The van der Waals surface area contributed by atoms with Crippen molar-refractivity contribution in [3.8, 4) is 11.3 Å². The number of benzene rings is 3. The van der Waals surface area contributed by atoms with Gasteiger partial charge in [0.15, 0.2) is 5.76 Å². The molecule has 5 rings (SSSR count). The molecule has 7 heteroatoms. The molecule has 2 heterocycles. The third-order valence-corrected chi connectivity index (χ3v) is 6.70. The Morgan fingerprint density at radius 1 is 1.00 bits per heavy atom. The summed E-state index contributed by atoms with van der Waals surface area (Å²) < 4.78 is 33.2. The van der Waals surface area contributed by atoms with E-state index >= 15 is 0 Å². The fraction of sp³-hybridized carbons (Fsp3) is 0.0500. The van der Waals surface area contributed by atoms with Gasteiger partial charge in [0, 0.05) is 16.0 Å². The topological polar surface area (TPSA) is 63.4 Å². The van der Waals surface area contributed by atoms with Crippen molar-refractivity contribution in [1.82, 2.24) is 4.98 Å². The van der Waals surface area contributed by atoms with Gasteiger partial charge in [0.05, 0.1) is 16.8 Å². The maximum Gasteiger partial charge on any atom is 0.265 e. The summed E-state index contributed by atoms with van der Waals surface area (Å²) in [4.78, 5) is 4.58. The van der Waals surface area contributed by atoms with Crippen LogP contribution in [0.2, 0.25) is 5.02 Å². The fourth-order valence-corrected chi connectivity index (χ4v) is 5.17. The Hall–Kier alpha value is -2.83. The number of anilines is 1. The van der Waals surface area contributed by atoms with Gasteiger partial charge in [-0.05, 0) is 41.8 Å². The third-order valence-electron chi connectivity index (χ3n) is 4.64. The van der Waals surface area contributed by atoms with E-state index in [1.165, 1.54) is 4.31 Å². The molecule has 27 heavy (non-hydrogen) atoms. The molecular weight excluding hydrogens is 384 g/mol. The molecule has 0 bridgehead atoms. The van der Waals surface area contributed by atoms with E-state index in [4.69, 9.17) is 16.0 Å². The quantitative estimate of drug-likeness (QED) is 0.496. The summed E-state index contributed by atoms with van der Waals surface area (Å²) in [6.07, 6.45) is 1.59. The van der Waals surface area contributed by atoms with Gasteiger partial charge in [-0.25, -0.2) is 13.4 Å². The summed E-state index contributed by atoms with van der Waals surface area (Å²) in [6.45, 7) is 0.0315. The highest BCUT2D eigenvalue weighted by molar-refractivity contribution is 7.93. The van der Waals surface area contributed by atoms with E-state index < -0.39 is 10.0 Å². The number of hydrogen-bond acceptors (Lipinski definition) is 4. The van der Waals surface area contributed by atoms with Gasteiger partial charge in [0.1, 0.15) is 6.54 Å². The summed E-state index contributed by atoms with van der Waals surface area (Å²) in [5.74, 6) is 0.891. The van der Waals surface area contributed by atoms with Crippen LogP contribution in [0.15, 0.2) is 76.2 Å². The first-order valence-corrected chi connectivity index (χ1v) is 10.1. The summed E-state index contributed by atoms with van der Waals surface area (Å²) in [5.41, 5.74) is 1.47. The molecule has 5 nitrogen and oxygen atoms in total. The third kappa shape index (κ3) is 2.52. The zero-order chi connectivity index (χ0) is 18.6. The highest BCUT2D eigenvalue weighted by Gasteiger charge is 2.36. The lowest BCUT2D eigenvalue weighted by Gasteiger charge is -2.16. The maximum absolute atomic E-state index is 13.0. The zero-order valence-corrected chi connectivity index (χ0v) is 15.5. The fourth-order valence-electron chi connectivity index (χ4n) is 3.38. The number of oxazole rings is 1. The van der Waals surface area contributed by atoms with Gasteiger partial charge in [-0.15, -0.1) is 0 Å². The lowest BCUT2D eigenvalue weighted by atomic mass is 10.1. The van der Waals surface area contributed by atoms with Crippen molar-refractivity contribution < 1.29 is 12.8 Å². The molecule has 0 saturated carbocycles. The van der Waals surface area contributed by atoms with Crippen LogP contribution in [-0.4, -0.2) is 13.4 Å². The van der Waals surface area contributed by atoms with Gasteiger partial charge < -0.3 is 4.42 Å². The van der Waals surface area contributed by atoms with Crippen molar-refractivity contribution in [3.05, 3.63) is 77.8 Å². The van der Waals surface area contributed by atoms with Crippen molar-refractivity contribution in [2.24, 2.45) is 0 Å². The minimum atomic E-state index is -3.64. The largest absolute Gasteiger partial charge is 0.439 e. The number of hydrogen-bond donors (Lipinski definition) is 0. The van der Waals surface area contributed by atoms with Gasteiger partial charge in [-0.2, -0.15) is 0 Å². The van der Waals surface area contributed by atoms with Crippen LogP contribution in [-0.2, 0) is 16.6 Å². The van der Waals surface area contributed by atoms with E-state index in [0.29, 0.717) is 27.3 Å². The molecule has 1 aliphatic heterocycles. The van der Waals surface area contributed by atoms with Gasteiger partial charge in [0.2, 0.25) is 5.89 Å². The average Bonchev–Trinajstić information content (AvgIpc) is 3.21. The van der Waals surface area contributed by atoms with Crippen molar-refractivity contribution in [2.45, 2.75) is 11.4 Å². The van der Waals surface area contributed by atoms with Crippen LogP contribution >= 0.6 is 11.6 Å². The predicted molar refractivity (Wildman–Crippen MR) is 104 cm³/mol. The van der Waals surface area contributed by atoms with E-state index in [-0.39, 0.29) is 6.54 Å². The molecule has 1 aliphatic rings. The Bertz CT molecular complexity index is 1280. The van der Waals surface area contributed by atoms with Crippen LogP contribution in [0.25, 0.3) is 22.1 Å². The molecular formula is C20H13ClN2O3S. The second kappa shape index (κ2) is 5.84. The summed E-state index contributed by atoms with van der Waals surface area (Å²) in [7, 11) is -3.64. The van der Waals surface area contributed by atoms with E-state index in [2.05, 4.69) is 4.98 Å². The normalized spacial score (nSPS) is 14.8. The molecule has 0 spiro atoms. The van der Waals surface area contributed by atoms with E-state index in [0.717, 1.165) is 16.3 Å². The number of nitrogens with zero attached hydrogens (tertiary/aromatic N) is 2. The molecule has 0 atom stereocenters. The molecule has 4 aromatic rings. The van der Waals surface area contributed by atoms with Crippen LogP contribution < -0.4 is 4.31 Å². The number of aromatic nitrogens is 1. The zero-order valence-electron chi connectivity index (χ0n) is 14.0. The van der Waals surface area contributed by atoms with Crippen LogP contribution in [0.3, 0.4) is 0 Å². The highest BCUT2D eigenvalue weighted by Crippen LogP contribution is 2.42. The molecule has 3 aromatic carbocycles. The first-order valence-electron chi connectivity index (χ1n) is 8.29. The molecule has 1 aromatic heterocycles. The van der Waals surface area contributed by atoms with Gasteiger partial charge in [-0.3, -0.25) is 4.31 Å². The SMILES string of the molecule is O=S1(=O)c2cccc3cccc(c23)N1Cc1ncc(-c2ccc(Cl)cc2)o1. The van der Waals surface area contributed by atoms with E-state index in [1.54, 1.807) is 36.5 Å². The second-order valence-corrected chi connectivity index (χ2v) is 8.54. The molecule has 134 valence electrons. The summed E-state index contributed by atoms with van der Waals surface area (Å²) >= 11 is 5.91. The predicted octanol–water partition coefficient (Wildman–Crippen LogP) is 4.86. The average molecular weight is 397 g/mol. The first kappa shape index (κ1) is 16.4. The Kier molecular flexibility index (Phi) is 3.54.